The number of hydrogen-bond acceptors (Lipinski definition) is 5. The summed E-state index contributed by atoms with van der Waals surface area (Å²) in [5, 5.41) is 13.0. The van der Waals surface area contributed by atoms with Crippen molar-refractivity contribution in [1.29, 1.82) is 0 Å². The number of aromatic nitrogens is 1. The van der Waals surface area contributed by atoms with Crippen LogP contribution >= 0.6 is 0 Å². The van der Waals surface area contributed by atoms with Crippen molar-refractivity contribution >= 4 is 43.9 Å². The number of rotatable bonds is 9. The fourth-order valence-electron chi connectivity index (χ4n) is 5.56. The van der Waals surface area contributed by atoms with Crippen LogP contribution in [0.2, 0.25) is 0 Å². The van der Waals surface area contributed by atoms with Gasteiger partial charge in [0, 0.05) is 24.7 Å². The zero-order valence-electron chi connectivity index (χ0n) is 21.2. The Balaban J connectivity index is 1.29. The van der Waals surface area contributed by atoms with Gasteiger partial charge in [0.25, 0.3) is 5.91 Å². The quantitative estimate of drug-likeness (QED) is 0.371. The molecular formula is C28H33FN4O4S. The first-order chi connectivity index (χ1) is 18.2. The number of hydrogen-bond donors (Lipinski definition) is 3. The number of carbonyl (C=O) groups excluding carboxylic acids is 1. The maximum atomic E-state index is 14.4. The number of piperidine rings is 1. The van der Waals surface area contributed by atoms with Gasteiger partial charge in [0.15, 0.2) is 0 Å². The molecule has 38 heavy (non-hydrogen) atoms. The van der Waals surface area contributed by atoms with E-state index in [1.165, 1.54) is 12.8 Å². The van der Waals surface area contributed by atoms with Crippen LogP contribution in [0.25, 0.3) is 10.9 Å². The maximum Gasteiger partial charge on any atom is 0.257 e. The first-order valence-corrected chi connectivity index (χ1v) is 14.9. The number of aliphatic hydroxyl groups is 1. The minimum Gasteiger partial charge on any atom is -0.395 e. The molecule has 0 unspecified atom stereocenters. The largest absolute Gasteiger partial charge is 0.395 e. The highest BCUT2D eigenvalue weighted by Gasteiger charge is 2.45. The van der Waals surface area contributed by atoms with E-state index in [2.05, 4.69) is 14.9 Å². The number of nitrogens with zero attached hydrogens (tertiary/aromatic N) is 2. The molecule has 3 N–H and O–H groups in total. The summed E-state index contributed by atoms with van der Waals surface area (Å²) in [5.41, 5.74) is 2.32. The van der Waals surface area contributed by atoms with E-state index in [1.807, 2.05) is 35.0 Å². The summed E-state index contributed by atoms with van der Waals surface area (Å²) in [6.45, 7) is 1.44. The van der Waals surface area contributed by atoms with Crippen LogP contribution < -0.4 is 14.9 Å². The van der Waals surface area contributed by atoms with Crippen molar-refractivity contribution in [3.8, 4) is 0 Å². The zero-order valence-corrected chi connectivity index (χ0v) is 22.1. The summed E-state index contributed by atoms with van der Waals surface area (Å²) < 4.78 is 43.4. The first-order valence-electron chi connectivity index (χ1n) is 13.3. The highest BCUT2D eigenvalue weighted by Crippen LogP contribution is 2.54. The number of benzene rings is 2. The summed E-state index contributed by atoms with van der Waals surface area (Å²) in [7, 11) is -3.70. The molecule has 0 atom stereocenters. The molecule has 2 heterocycles. The lowest BCUT2D eigenvalue weighted by Gasteiger charge is -2.35. The number of carbonyl (C=O) groups is 1. The monoisotopic (exact) mass is 540 g/mol. The van der Waals surface area contributed by atoms with E-state index < -0.39 is 28.1 Å². The Morgan fingerprint density at radius 3 is 2.47 bits per heavy atom. The van der Waals surface area contributed by atoms with Gasteiger partial charge >= 0.3 is 0 Å². The normalized spacial score (nSPS) is 19.5. The molecule has 1 amide bonds. The predicted octanol–water partition coefficient (Wildman–Crippen LogP) is 4.51. The highest BCUT2D eigenvalue weighted by molar-refractivity contribution is 7.92. The van der Waals surface area contributed by atoms with Gasteiger partial charge < -0.3 is 19.9 Å². The third kappa shape index (κ3) is 5.11. The molecule has 1 aromatic heterocycles. The summed E-state index contributed by atoms with van der Waals surface area (Å²) >= 11 is 0. The topological polar surface area (TPSA) is 104 Å². The number of sulfonamides is 1. The molecule has 6 rings (SSSR count). The van der Waals surface area contributed by atoms with Gasteiger partial charge in [-0.1, -0.05) is 6.07 Å². The molecular weight excluding hydrogens is 507 g/mol. The van der Waals surface area contributed by atoms with E-state index in [9.17, 15) is 17.6 Å². The number of nitrogens with one attached hydrogen (secondary N) is 2. The number of halogens is 1. The lowest BCUT2D eigenvalue weighted by Crippen LogP contribution is -2.35. The Bertz CT molecular complexity index is 1480. The Kier molecular flexibility index (Phi) is 6.14. The Labute approximate surface area is 221 Å². The molecule has 1 saturated heterocycles. The highest BCUT2D eigenvalue weighted by atomic mass is 32.2. The molecule has 2 aliphatic carbocycles. The van der Waals surface area contributed by atoms with Crippen LogP contribution in [0, 0.1) is 5.41 Å². The second-order valence-electron chi connectivity index (χ2n) is 11.2. The number of alkyl halides is 1. The van der Waals surface area contributed by atoms with Crippen molar-refractivity contribution in [3.63, 3.8) is 0 Å². The summed E-state index contributed by atoms with van der Waals surface area (Å²) in [6, 6.07) is 12.4. The van der Waals surface area contributed by atoms with E-state index in [4.69, 9.17) is 5.11 Å². The molecule has 3 aromatic rings. The van der Waals surface area contributed by atoms with Crippen molar-refractivity contribution in [3.05, 3.63) is 54.2 Å². The molecule has 0 bridgehead atoms. The van der Waals surface area contributed by atoms with Gasteiger partial charge in [-0.15, -0.1) is 0 Å². The smallest absolute Gasteiger partial charge is 0.257 e. The van der Waals surface area contributed by atoms with Gasteiger partial charge in [0.2, 0.25) is 10.0 Å². The second kappa shape index (κ2) is 9.27. The Hall–Kier alpha value is -3.11. The van der Waals surface area contributed by atoms with Crippen LogP contribution in [0.5, 0.6) is 0 Å². The fourth-order valence-corrected chi connectivity index (χ4v) is 6.39. The van der Waals surface area contributed by atoms with Gasteiger partial charge in [0.1, 0.15) is 5.67 Å². The number of fused-ring (bicyclic) bond motifs is 1. The summed E-state index contributed by atoms with van der Waals surface area (Å²) in [4.78, 5) is 15.8. The van der Waals surface area contributed by atoms with Crippen LogP contribution in [0.4, 0.5) is 21.5 Å². The van der Waals surface area contributed by atoms with E-state index in [-0.39, 0.29) is 5.91 Å². The van der Waals surface area contributed by atoms with Gasteiger partial charge in [-0.3, -0.25) is 9.52 Å². The molecule has 3 aliphatic rings. The lowest BCUT2D eigenvalue weighted by molar-refractivity contribution is 0.102. The zero-order chi connectivity index (χ0) is 26.5. The molecule has 2 saturated carbocycles. The Morgan fingerprint density at radius 1 is 1.03 bits per heavy atom. The number of amides is 1. The molecule has 202 valence electrons. The van der Waals surface area contributed by atoms with Crippen molar-refractivity contribution < 1.29 is 22.7 Å². The number of aliphatic hydroxyl groups excluding tert-OH is 1. The van der Waals surface area contributed by atoms with Crippen LogP contribution in [-0.2, 0) is 16.6 Å². The van der Waals surface area contributed by atoms with Crippen LogP contribution in [0.3, 0.4) is 0 Å². The lowest BCUT2D eigenvalue weighted by atomic mass is 9.93. The minimum absolute atomic E-state index is 0.291. The molecule has 3 fully saturated rings. The molecule has 8 nitrogen and oxygen atoms in total. The number of anilines is 3. The SMILES string of the molecule is O=C(Nc1cccc2c1ccn2CC1(F)CC1)c1ccc(NS(=O)(=O)CCO)cc1N1CCC2(CC1)CC2. The Morgan fingerprint density at radius 2 is 1.79 bits per heavy atom. The standard InChI is InChI=1S/C28H33FN4O4S/c29-28(9-10-28)19-33-13-6-21-23(2-1-3-24(21)33)30-26(35)22-5-4-20(31-38(36,37)17-16-34)18-25(22)32-14-11-27(7-8-27)12-15-32/h1-6,13,18,31,34H,7-12,14-17,19H2,(H,30,35). The minimum atomic E-state index is -3.70. The van der Waals surface area contributed by atoms with Gasteiger partial charge in [-0.2, -0.15) is 0 Å². The molecule has 0 radical (unpaired) electrons. The fraction of sp³-hybridized carbons (Fsp3) is 0.464. The van der Waals surface area contributed by atoms with Gasteiger partial charge in [-0.05, 0) is 80.3 Å². The average molecular weight is 541 g/mol. The predicted molar refractivity (Wildman–Crippen MR) is 147 cm³/mol. The van der Waals surface area contributed by atoms with E-state index in [0.717, 1.165) is 36.8 Å². The average Bonchev–Trinajstić information content (AvgIpc) is 3.77. The van der Waals surface area contributed by atoms with E-state index >= 15 is 0 Å². The van der Waals surface area contributed by atoms with Crippen molar-refractivity contribution in [1.82, 2.24) is 4.57 Å². The van der Waals surface area contributed by atoms with E-state index in [0.29, 0.717) is 47.4 Å². The third-order valence-electron chi connectivity index (χ3n) is 8.31. The first kappa shape index (κ1) is 25.2. The van der Waals surface area contributed by atoms with E-state index in [1.54, 1.807) is 18.2 Å². The summed E-state index contributed by atoms with van der Waals surface area (Å²) in [6.07, 6.45) is 7.63. The van der Waals surface area contributed by atoms with Crippen LogP contribution in [-0.4, -0.2) is 55.1 Å². The van der Waals surface area contributed by atoms with Gasteiger partial charge in [0.05, 0.1) is 47.0 Å². The third-order valence-corrected chi connectivity index (χ3v) is 9.57. The molecule has 1 spiro atoms. The molecule has 1 aliphatic heterocycles. The van der Waals surface area contributed by atoms with Crippen LogP contribution in [0.1, 0.15) is 48.9 Å². The maximum absolute atomic E-state index is 14.4. The molecule has 10 heteroatoms. The summed E-state index contributed by atoms with van der Waals surface area (Å²) in [5.74, 6) is -0.690. The van der Waals surface area contributed by atoms with Crippen molar-refractivity contribution in [2.75, 3.05) is 40.4 Å². The van der Waals surface area contributed by atoms with Crippen molar-refractivity contribution in [2.24, 2.45) is 5.41 Å². The van der Waals surface area contributed by atoms with Crippen molar-refractivity contribution in [2.45, 2.75) is 50.7 Å². The van der Waals surface area contributed by atoms with Gasteiger partial charge in [-0.25, -0.2) is 12.8 Å². The van der Waals surface area contributed by atoms with Crippen LogP contribution in [0.15, 0.2) is 48.7 Å². The second-order valence-corrected chi connectivity index (χ2v) is 13.0. The molecule has 2 aromatic carbocycles.